The Hall–Kier alpha value is 0.900. The van der Waals surface area contributed by atoms with E-state index in [1.807, 2.05) is 0 Å². The predicted octanol–water partition coefficient (Wildman–Crippen LogP) is 8.65. The van der Waals surface area contributed by atoms with E-state index in [9.17, 15) is 0 Å². The molecule has 0 saturated heterocycles. The first kappa shape index (κ1) is 21.4. The highest BCUT2D eigenvalue weighted by atomic mass is 32.1. The van der Waals surface area contributed by atoms with Crippen molar-refractivity contribution in [2.75, 3.05) is 0 Å². The maximum absolute atomic E-state index is 4.84. The first-order chi connectivity index (χ1) is 14.1. The minimum atomic E-state index is 0.735. The highest BCUT2D eigenvalue weighted by molar-refractivity contribution is 7.86. The second-order valence-corrected chi connectivity index (χ2v) is 11.7. The Labute approximate surface area is 226 Å². The van der Waals surface area contributed by atoms with Gasteiger partial charge in [-0.1, -0.05) is 0 Å². The Bertz CT molecular complexity index is 1330. The molecule has 0 fully saturated rings. The molecule has 0 nitrogen and oxygen atoms in total. The molecular weight excluding hydrogens is 561 g/mol. The molecule has 0 radical (unpaired) electrons. The van der Waals surface area contributed by atoms with Crippen molar-refractivity contribution < 1.29 is 0 Å². The first-order valence-corrected chi connectivity index (χ1v) is 13.0. The summed E-state index contributed by atoms with van der Waals surface area (Å²) in [5.74, 6) is 0. The van der Waals surface area contributed by atoms with Gasteiger partial charge in [-0.15, -0.1) is 126 Å². The number of thiol groups is 10. The Kier molecular flexibility index (Phi) is 4.81. The molecule has 6 aromatic carbocycles. The van der Waals surface area contributed by atoms with Gasteiger partial charge in [0.1, 0.15) is 0 Å². The van der Waals surface area contributed by atoms with E-state index in [4.69, 9.17) is 126 Å². The Morgan fingerprint density at radius 2 is 0.267 bits per heavy atom. The third kappa shape index (κ3) is 2.21. The summed E-state index contributed by atoms with van der Waals surface area (Å²) in [6.07, 6.45) is 0. The van der Waals surface area contributed by atoms with E-state index in [1.165, 1.54) is 0 Å². The zero-order valence-corrected chi connectivity index (χ0v) is 23.4. The van der Waals surface area contributed by atoms with Gasteiger partial charge in [0, 0.05) is 103 Å². The molecule has 0 aliphatic heterocycles. The van der Waals surface area contributed by atoms with E-state index in [2.05, 4.69) is 0 Å². The molecule has 0 N–H and O–H groups in total. The van der Waals surface area contributed by atoms with Crippen molar-refractivity contribution in [1.29, 1.82) is 0 Å². The van der Waals surface area contributed by atoms with Crippen molar-refractivity contribution in [1.82, 2.24) is 0 Å². The average molecular weight is 571 g/mol. The van der Waals surface area contributed by atoms with Crippen molar-refractivity contribution in [2.24, 2.45) is 0 Å². The molecule has 0 aliphatic carbocycles. The second kappa shape index (κ2) is 6.73. The lowest BCUT2D eigenvalue weighted by Crippen LogP contribution is -1.90. The van der Waals surface area contributed by atoms with Crippen LogP contribution in [0.3, 0.4) is 0 Å². The van der Waals surface area contributed by atoms with Gasteiger partial charge in [-0.3, -0.25) is 0 Å². The van der Waals surface area contributed by atoms with Crippen LogP contribution in [0.1, 0.15) is 0 Å². The van der Waals surface area contributed by atoms with Crippen LogP contribution in [0.15, 0.2) is 49.0 Å². The van der Waals surface area contributed by atoms with Gasteiger partial charge >= 0.3 is 0 Å². The summed E-state index contributed by atoms with van der Waals surface area (Å²) in [5, 5.41) is 9.82. The van der Waals surface area contributed by atoms with E-state index in [-0.39, 0.29) is 0 Å². The van der Waals surface area contributed by atoms with Gasteiger partial charge in [-0.25, -0.2) is 0 Å². The lowest BCUT2D eigenvalue weighted by Gasteiger charge is -2.17. The Morgan fingerprint density at radius 1 is 0.167 bits per heavy atom. The van der Waals surface area contributed by atoms with Crippen LogP contribution in [-0.4, -0.2) is 0 Å². The maximum atomic E-state index is 4.84. The summed E-state index contributed by atoms with van der Waals surface area (Å²) < 4.78 is 0. The maximum Gasteiger partial charge on any atom is 0.0271 e. The van der Waals surface area contributed by atoms with Crippen LogP contribution in [0.5, 0.6) is 0 Å². The fourth-order valence-electron chi connectivity index (χ4n) is 4.80. The van der Waals surface area contributed by atoms with Gasteiger partial charge in [-0.2, -0.15) is 0 Å². The largest absolute Gasteiger partial charge is 0.142 e. The number of hydrogen-bond donors (Lipinski definition) is 10. The smallest absolute Gasteiger partial charge is 0.0271 e. The summed E-state index contributed by atoms with van der Waals surface area (Å²) in [6, 6.07) is 0. The van der Waals surface area contributed by atoms with E-state index >= 15 is 0 Å². The topological polar surface area (TPSA) is 0 Å². The Balaban J connectivity index is 2.27. The van der Waals surface area contributed by atoms with Crippen LogP contribution in [-0.2, 0) is 0 Å². The molecule has 0 saturated carbocycles. The molecule has 0 heterocycles. The van der Waals surface area contributed by atoms with Gasteiger partial charge in [0.15, 0.2) is 0 Å². The zero-order valence-electron chi connectivity index (χ0n) is 14.5. The molecule has 30 heavy (non-hydrogen) atoms. The molecule has 0 bridgehead atoms. The van der Waals surface area contributed by atoms with Gasteiger partial charge in [0.25, 0.3) is 0 Å². The van der Waals surface area contributed by atoms with E-state index in [0.717, 1.165) is 103 Å². The third-order valence-electron chi connectivity index (χ3n) is 5.99. The van der Waals surface area contributed by atoms with E-state index in [0.29, 0.717) is 0 Å². The Morgan fingerprint density at radius 3 is 0.367 bits per heavy atom. The first-order valence-electron chi connectivity index (χ1n) is 8.49. The van der Waals surface area contributed by atoms with Crippen LogP contribution < -0.4 is 0 Å². The second-order valence-electron chi connectivity index (χ2n) is 7.24. The standard InChI is InChI=1S/C20H10S10/c21-11-6-1-2-4-5-3(1)8(14(24)12(6)22)16(26)18(28)10(5)20(30)19(29)9(4)17(27)15(25)7(2)13(11)23/h21-30H. The fraction of sp³-hybridized carbons (Fsp3) is 0. The highest BCUT2D eigenvalue weighted by Crippen LogP contribution is 2.60. The van der Waals surface area contributed by atoms with Crippen molar-refractivity contribution in [2.45, 2.75) is 49.0 Å². The number of hydrogen-bond acceptors (Lipinski definition) is 10. The molecule has 150 valence electrons. The highest BCUT2D eigenvalue weighted by Gasteiger charge is 2.32. The molecule has 0 unspecified atom stereocenters. The average Bonchev–Trinajstić information content (AvgIpc) is 3.02. The molecular formula is C20H10S10. The van der Waals surface area contributed by atoms with Crippen molar-refractivity contribution in [3.8, 4) is 0 Å². The van der Waals surface area contributed by atoms with Crippen LogP contribution in [0.25, 0.3) is 53.9 Å². The fourth-order valence-corrected chi connectivity index (χ4v) is 8.60. The molecule has 10 heteroatoms. The molecule has 0 atom stereocenters. The number of benzene rings is 5. The van der Waals surface area contributed by atoms with Gasteiger partial charge in [-0.05, 0) is 0 Å². The molecule has 0 aromatic heterocycles. The summed E-state index contributed by atoms with van der Waals surface area (Å²) >= 11 is 48.4. The van der Waals surface area contributed by atoms with E-state index < -0.39 is 0 Å². The third-order valence-corrected chi connectivity index (χ3v) is 11.3. The zero-order chi connectivity index (χ0) is 21.5. The molecule has 0 aliphatic rings. The SMILES string of the molecule is Sc1c(S)c2c(S)c(S)c3c(S)c(S)c4c(S)c(S)c5c(S)c(S)c1c1c2c3c4c51. The quantitative estimate of drug-likeness (QED) is 0.0627. The molecule has 6 rings (SSSR count). The van der Waals surface area contributed by atoms with Crippen LogP contribution in [0.4, 0.5) is 0 Å². The lowest BCUT2D eigenvalue weighted by atomic mass is 9.99. The summed E-state index contributed by atoms with van der Waals surface area (Å²) in [7, 11) is 0. The van der Waals surface area contributed by atoms with Gasteiger partial charge < -0.3 is 0 Å². The summed E-state index contributed by atoms with van der Waals surface area (Å²) in [5.41, 5.74) is 0. The van der Waals surface area contributed by atoms with Gasteiger partial charge in [0.05, 0.1) is 0 Å². The predicted molar refractivity (Wildman–Crippen MR) is 160 cm³/mol. The number of rotatable bonds is 0. The van der Waals surface area contributed by atoms with Crippen molar-refractivity contribution >= 4 is 180 Å². The normalized spacial score (nSPS) is 13.0. The minimum absolute atomic E-state index is 0.735. The summed E-state index contributed by atoms with van der Waals surface area (Å²) in [4.78, 5) is 7.35. The van der Waals surface area contributed by atoms with Crippen molar-refractivity contribution in [3.05, 3.63) is 0 Å². The summed E-state index contributed by atoms with van der Waals surface area (Å²) in [6.45, 7) is 0. The van der Waals surface area contributed by atoms with Crippen LogP contribution >= 0.6 is 126 Å². The van der Waals surface area contributed by atoms with Crippen LogP contribution in [0.2, 0.25) is 0 Å². The molecule has 6 aromatic rings. The van der Waals surface area contributed by atoms with Crippen molar-refractivity contribution in [3.63, 3.8) is 0 Å². The molecule has 0 spiro atoms. The van der Waals surface area contributed by atoms with Crippen LogP contribution in [0, 0.1) is 0 Å². The molecule has 0 amide bonds. The monoisotopic (exact) mass is 570 g/mol. The van der Waals surface area contributed by atoms with E-state index in [1.54, 1.807) is 0 Å². The lowest BCUT2D eigenvalue weighted by molar-refractivity contribution is 1.25. The minimum Gasteiger partial charge on any atom is -0.142 e. The van der Waals surface area contributed by atoms with Gasteiger partial charge in [0.2, 0.25) is 0 Å².